The van der Waals surface area contributed by atoms with Gasteiger partial charge in [-0.2, -0.15) is 0 Å². The van der Waals surface area contributed by atoms with Crippen molar-refractivity contribution >= 4 is 0 Å². The van der Waals surface area contributed by atoms with Gasteiger partial charge >= 0.3 is 0 Å². The lowest BCUT2D eigenvalue weighted by Gasteiger charge is -1.82. The standard InChI is InChI=1S/2C7H6.2C7H8/c2*1-5-6-3-2-4-7(5)6;2*1-7-5-3-2-4-6-7/h2*2-4H,1H3;2*2-6H,1H3. The molecule has 4 aliphatic carbocycles. The lowest BCUT2D eigenvalue weighted by Crippen LogP contribution is -1.62. The minimum absolute atomic E-state index is 1.32. The van der Waals surface area contributed by atoms with E-state index in [-0.39, 0.29) is 0 Å². The van der Waals surface area contributed by atoms with Crippen LogP contribution in [0.4, 0.5) is 0 Å². The Hall–Kier alpha value is -3.12. The molecule has 4 aliphatic rings. The summed E-state index contributed by atoms with van der Waals surface area (Å²) in [7, 11) is 0. The molecule has 0 aromatic heterocycles. The van der Waals surface area contributed by atoms with Crippen LogP contribution in [0.5, 0.6) is 0 Å². The molecule has 0 heteroatoms. The molecule has 140 valence electrons. The first-order valence-electron chi connectivity index (χ1n) is 9.81. The van der Waals surface area contributed by atoms with Crippen LogP contribution < -0.4 is 0 Å². The quantitative estimate of drug-likeness (QED) is 0.256. The van der Waals surface area contributed by atoms with Crippen LogP contribution in [0.1, 0.15) is 22.3 Å². The van der Waals surface area contributed by atoms with Crippen molar-refractivity contribution < 1.29 is 0 Å². The van der Waals surface area contributed by atoms with E-state index in [1.807, 2.05) is 36.4 Å². The van der Waals surface area contributed by atoms with Crippen molar-refractivity contribution in [2.45, 2.75) is 27.7 Å². The number of benzene rings is 4. The normalized spacial score (nSPS) is 10.1. The highest BCUT2D eigenvalue weighted by Crippen LogP contribution is 2.41. The third-order valence-electron chi connectivity index (χ3n) is 5.00. The number of rotatable bonds is 0. The predicted octanol–water partition coefficient (Wildman–Crippen LogP) is 7.94. The van der Waals surface area contributed by atoms with Gasteiger partial charge in [-0.1, -0.05) is 108 Å². The molecule has 0 fully saturated rings. The maximum Gasteiger partial charge on any atom is -0.0146 e. The monoisotopic (exact) mass is 364 g/mol. The van der Waals surface area contributed by atoms with Gasteiger partial charge in [-0.3, -0.25) is 0 Å². The van der Waals surface area contributed by atoms with Crippen LogP contribution in [0.25, 0.3) is 22.3 Å². The van der Waals surface area contributed by atoms with E-state index in [0.717, 1.165) is 0 Å². The summed E-state index contributed by atoms with van der Waals surface area (Å²) in [5.41, 5.74) is 11.5. The first-order chi connectivity index (χ1) is 13.6. The van der Waals surface area contributed by atoms with Crippen molar-refractivity contribution in [3.63, 3.8) is 0 Å². The van der Waals surface area contributed by atoms with E-state index in [1.165, 1.54) is 44.5 Å². The minimum Gasteiger partial charge on any atom is -0.0622 e. The Morgan fingerprint density at radius 1 is 0.321 bits per heavy atom. The molecule has 0 aliphatic heterocycles. The second-order valence-corrected chi connectivity index (χ2v) is 7.27. The van der Waals surface area contributed by atoms with Crippen LogP contribution in [0.3, 0.4) is 0 Å². The van der Waals surface area contributed by atoms with Crippen molar-refractivity contribution in [1.82, 2.24) is 0 Å². The fourth-order valence-corrected chi connectivity index (χ4v) is 3.05. The predicted molar refractivity (Wildman–Crippen MR) is 123 cm³/mol. The Balaban J connectivity index is 0.000000107. The molecular weight excluding hydrogens is 336 g/mol. The van der Waals surface area contributed by atoms with E-state index in [9.17, 15) is 0 Å². The average molecular weight is 365 g/mol. The van der Waals surface area contributed by atoms with Crippen LogP contribution in [0.2, 0.25) is 0 Å². The van der Waals surface area contributed by atoms with Crippen LogP contribution >= 0.6 is 0 Å². The summed E-state index contributed by atoms with van der Waals surface area (Å²) in [6.45, 7) is 8.48. The first kappa shape index (κ1) is 19.6. The molecule has 6 rings (SSSR count). The van der Waals surface area contributed by atoms with Crippen LogP contribution in [-0.2, 0) is 0 Å². The lowest BCUT2D eigenvalue weighted by atomic mass is 10.2. The Labute approximate surface area is 169 Å². The van der Waals surface area contributed by atoms with Crippen molar-refractivity contribution in [3.05, 3.63) is 119 Å². The Morgan fingerprint density at radius 2 is 0.607 bits per heavy atom. The first-order valence-corrected chi connectivity index (χ1v) is 9.81. The minimum atomic E-state index is 1.32. The molecule has 0 N–H and O–H groups in total. The molecule has 0 atom stereocenters. The van der Waals surface area contributed by atoms with Gasteiger partial charge in [0, 0.05) is 0 Å². The van der Waals surface area contributed by atoms with Gasteiger partial charge in [0.25, 0.3) is 0 Å². The summed E-state index contributed by atoms with van der Waals surface area (Å²) in [5, 5.41) is 0. The summed E-state index contributed by atoms with van der Waals surface area (Å²) < 4.78 is 0. The van der Waals surface area contributed by atoms with Gasteiger partial charge in [-0.15, -0.1) is 0 Å². The highest BCUT2D eigenvalue weighted by atomic mass is 14.2. The average Bonchev–Trinajstić information content (AvgIpc) is 3.29. The maximum atomic E-state index is 2.16. The molecule has 0 amide bonds. The molecule has 2 aromatic carbocycles. The maximum absolute atomic E-state index is 2.16. The van der Waals surface area contributed by atoms with E-state index in [0.29, 0.717) is 0 Å². The number of hydrogen-bond acceptors (Lipinski definition) is 0. The second kappa shape index (κ2) is 9.19. The zero-order valence-corrected chi connectivity index (χ0v) is 17.2. The zero-order valence-electron chi connectivity index (χ0n) is 17.2. The molecule has 0 spiro atoms. The van der Waals surface area contributed by atoms with Crippen molar-refractivity contribution in [3.8, 4) is 22.3 Å². The lowest BCUT2D eigenvalue weighted by molar-refractivity contribution is 1.48. The largest absolute Gasteiger partial charge is 0.0622 e. The molecule has 0 heterocycles. The number of fused-ring (bicyclic) bond motifs is 2. The highest BCUT2D eigenvalue weighted by molar-refractivity contribution is 5.89. The smallest absolute Gasteiger partial charge is 0.0146 e. The summed E-state index contributed by atoms with van der Waals surface area (Å²) in [6.07, 6.45) is 0. The zero-order chi connectivity index (χ0) is 19.9. The van der Waals surface area contributed by atoms with E-state index in [2.05, 4.69) is 88.4 Å². The molecule has 0 nitrogen and oxygen atoms in total. The van der Waals surface area contributed by atoms with E-state index >= 15 is 0 Å². The molecule has 0 bridgehead atoms. The van der Waals surface area contributed by atoms with Crippen LogP contribution in [0, 0.1) is 27.7 Å². The summed E-state index contributed by atoms with van der Waals surface area (Å²) in [5.74, 6) is 0. The fraction of sp³-hybridized carbons (Fsp3) is 0.143. The molecule has 2 aromatic rings. The third-order valence-corrected chi connectivity index (χ3v) is 5.00. The van der Waals surface area contributed by atoms with Gasteiger partial charge < -0.3 is 0 Å². The molecule has 0 saturated carbocycles. The van der Waals surface area contributed by atoms with Crippen molar-refractivity contribution in [2.24, 2.45) is 0 Å². The van der Waals surface area contributed by atoms with E-state index in [1.54, 1.807) is 0 Å². The number of aryl methyl sites for hydroxylation is 4. The molecule has 0 radical (unpaired) electrons. The van der Waals surface area contributed by atoms with Gasteiger partial charge in [-0.25, -0.2) is 0 Å². The van der Waals surface area contributed by atoms with Gasteiger partial charge in [0.05, 0.1) is 0 Å². The van der Waals surface area contributed by atoms with Gasteiger partial charge in [0.15, 0.2) is 0 Å². The topological polar surface area (TPSA) is 0 Å². The van der Waals surface area contributed by atoms with Gasteiger partial charge in [0.2, 0.25) is 0 Å². The Kier molecular flexibility index (Phi) is 6.45. The summed E-state index contributed by atoms with van der Waals surface area (Å²) in [6, 6.07) is 33.3. The highest BCUT2D eigenvalue weighted by Gasteiger charge is 2.17. The third kappa shape index (κ3) is 5.44. The molecule has 0 saturated heterocycles. The van der Waals surface area contributed by atoms with Crippen molar-refractivity contribution in [2.75, 3.05) is 0 Å². The SMILES string of the molecule is Cc1c2cccc1-2.Cc1c2cccc1-2.Cc1ccccc1.Cc1ccccc1. The Bertz CT molecular complexity index is 901. The molecular formula is C28H28. The summed E-state index contributed by atoms with van der Waals surface area (Å²) >= 11 is 0. The van der Waals surface area contributed by atoms with Gasteiger partial charge in [0.1, 0.15) is 0 Å². The van der Waals surface area contributed by atoms with E-state index < -0.39 is 0 Å². The molecule has 0 unspecified atom stereocenters. The van der Waals surface area contributed by atoms with Gasteiger partial charge in [-0.05, 0) is 61.1 Å². The van der Waals surface area contributed by atoms with Crippen LogP contribution in [0.15, 0.2) is 97.1 Å². The summed E-state index contributed by atoms with van der Waals surface area (Å²) in [4.78, 5) is 0. The fourth-order valence-electron chi connectivity index (χ4n) is 3.05. The van der Waals surface area contributed by atoms with E-state index in [4.69, 9.17) is 0 Å². The second-order valence-electron chi connectivity index (χ2n) is 7.27. The number of hydrogen-bond donors (Lipinski definition) is 0. The van der Waals surface area contributed by atoms with Crippen molar-refractivity contribution in [1.29, 1.82) is 0 Å². The Morgan fingerprint density at radius 3 is 0.750 bits per heavy atom. The van der Waals surface area contributed by atoms with Crippen LogP contribution in [-0.4, -0.2) is 0 Å². The molecule has 28 heavy (non-hydrogen) atoms.